The molecule has 0 heterocycles. The maximum atomic E-state index is 13.8. The molecule has 20 heavy (non-hydrogen) atoms. The van der Waals surface area contributed by atoms with Crippen LogP contribution in [0.25, 0.3) is 0 Å². The van der Waals surface area contributed by atoms with Crippen LogP contribution in [0.4, 0.5) is 10.1 Å². The molecule has 0 aliphatic rings. The Balaban J connectivity index is 3.30. The third-order valence-electron chi connectivity index (χ3n) is 3.15. The van der Waals surface area contributed by atoms with Gasteiger partial charge >= 0.3 is 0 Å². The van der Waals surface area contributed by atoms with E-state index < -0.39 is 0 Å². The summed E-state index contributed by atoms with van der Waals surface area (Å²) in [4.78, 5) is 1.66. The smallest absolute Gasteiger partial charge is 0.126 e. The first-order valence-corrected chi connectivity index (χ1v) is 6.57. The van der Waals surface area contributed by atoms with Crippen LogP contribution in [0.15, 0.2) is 12.1 Å². The molecular formula is C15H19FN4. The molecule has 0 amide bonds. The Hall–Kier alpha value is -2.11. The molecule has 1 unspecified atom stereocenters. The Morgan fingerprint density at radius 3 is 2.40 bits per heavy atom. The third-order valence-corrected chi connectivity index (χ3v) is 3.15. The molecule has 1 aromatic carbocycles. The van der Waals surface area contributed by atoms with Crippen molar-refractivity contribution in [3.8, 4) is 12.1 Å². The number of anilines is 1. The zero-order valence-corrected chi connectivity index (χ0v) is 12.1. The van der Waals surface area contributed by atoms with Crippen LogP contribution in [-0.2, 0) is 0 Å². The van der Waals surface area contributed by atoms with Crippen LogP contribution in [0.1, 0.15) is 31.0 Å². The van der Waals surface area contributed by atoms with Crippen molar-refractivity contribution in [1.29, 1.82) is 10.5 Å². The first-order valence-electron chi connectivity index (χ1n) is 6.57. The number of aryl methyl sites for hydroxylation is 1. The normalized spacial score (nSPS) is 11.5. The lowest BCUT2D eigenvalue weighted by Gasteiger charge is -2.25. The second-order valence-corrected chi connectivity index (χ2v) is 4.61. The third kappa shape index (κ3) is 3.69. The van der Waals surface area contributed by atoms with Crippen LogP contribution < -0.4 is 10.2 Å². The monoisotopic (exact) mass is 274 g/mol. The van der Waals surface area contributed by atoms with Crippen molar-refractivity contribution < 1.29 is 4.39 Å². The van der Waals surface area contributed by atoms with E-state index in [4.69, 9.17) is 10.5 Å². The van der Waals surface area contributed by atoms with Gasteiger partial charge in [-0.25, -0.2) is 4.39 Å². The van der Waals surface area contributed by atoms with Crippen LogP contribution in [-0.4, -0.2) is 19.6 Å². The molecule has 0 radical (unpaired) electrons. The lowest BCUT2D eigenvalue weighted by Crippen LogP contribution is -2.28. The summed E-state index contributed by atoms with van der Waals surface area (Å²) >= 11 is 0. The van der Waals surface area contributed by atoms with Gasteiger partial charge in [0.2, 0.25) is 0 Å². The Morgan fingerprint density at radius 2 is 1.90 bits per heavy atom. The van der Waals surface area contributed by atoms with Gasteiger partial charge in [-0.3, -0.25) is 0 Å². The topological polar surface area (TPSA) is 62.9 Å². The first-order chi connectivity index (χ1) is 9.54. The van der Waals surface area contributed by atoms with E-state index in [2.05, 4.69) is 5.32 Å². The van der Waals surface area contributed by atoms with Crippen molar-refractivity contribution in [2.75, 3.05) is 24.5 Å². The van der Waals surface area contributed by atoms with E-state index >= 15 is 0 Å². The molecule has 0 aliphatic carbocycles. The van der Waals surface area contributed by atoms with Crippen molar-refractivity contribution in [2.45, 2.75) is 26.8 Å². The van der Waals surface area contributed by atoms with Gasteiger partial charge in [0.1, 0.15) is 18.9 Å². The van der Waals surface area contributed by atoms with Gasteiger partial charge in [0.05, 0.1) is 12.1 Å². The van der Waals surface area contributed by atoms with E-state index in [0.29, 0.717) is 5.56 Å². The van der Waals surface area contributed by atoms with Crippen molar-refractivity contribution in [1.82, 2.24) is 5.32 Å². The molecule has 0 bridgehead atoms. The zero-order chi connectivity index (χ0) is 15.1. The summed E-state index contributed by atoms with van der Waals surface area (Å²) in [6.07, 6.45) is 0. The number of halogens is 1. The first kappa shape index (κ1) is 15.9. The molecule has 5 heteroatoms. The molecule has 1 N–H and O–H groups in total. The summed E-state index contributed by atoms with van der Waals surface area (Å²) in [5.41, 5.74) is 2.01. The standard InChI is InChI=1S/C15H19FN4/c1-4-19-12(3)13-10-14(16)11(2)9-15(13)20(7-5-17)8-6-18/h9-10,12,19H,4,7-8H2,1-3H3. The van der Waals surface area contributed by atoms with Gasteiger partial charge in [-0.1, -0.05) is 6.92 Å². The molecular weight excluding hydrogens is 255 g/mol. The van der Waals surface area contributed by atoms with Gasteiger partial charge in [-0.2, -0.15) is 10.5 Å². The number of hydrogen-bond acceptors (Lipinski definition) is 4. The molecule has 1 atom stereocenters. The van der Waals surface area contributed by atoms with Crippen molar-refractivity contribution in [3.05, 3.63) is 29.1 Å². The van der Waals surface area contributed by atoms with Gasteiger partial charge < -0.3 is 10.2 Å². The van der Waals surface area contributed by atoms with Crippen molar-refractivity contribution in [3.63, 3.8) is 0 Å². The summed E-state index contributed by atoms with van der Waals surface area (Å²) in [5.74, 6) is -0.276. The second kappa shape index (κ2) is 7.47. The van der Waals surface area contributed by atoms with Gasteiger partial charge in [-0.15, -0.1) is 0 Å². The highest BCUT2D eigenvalue weighted by molar-refractivity contribution is 5.58. The summed E-state index contributed by atoms with van der Waals surface area (Å²) < 4.78 is 13.8. The molecule has 1 rings (SSSR count). The molecule has 0 fully saturated rings. The predicted molar refractivity (Wildman–Crippen MR) is 76.7 cm³/mol. The van der Waals surface area contributed by atoms with Gasteiger partial charge in [0.15, 0.2) is 0 Å². The quantitative estimate of drug-likeness (QED) is 0.810. The lowest BCUT2D eigenvalue weighted by atomic mass is 10.0. The molecule has 0 saturated carbocycles. The van der Waals surface area contributed by atoms with E-state index in [9.17, 15) is 4.39 Å². The minimum absolute atomic E-state index is 0.0509. The number of benzene rings is 1. The van der Waals surface area contributed by atoms with E-state index in [0.717, 1.165) is 17.8 Å². The molecule has 0 aromatic heterocycles. The van der Waals surface area contributed by atoms with Crippen LogP contribution in [0, 0.1) is 35.4 Å². The molecule has 1 aromatic rings. The van der Waals surface area contributed by atoms with Gasteiger partial charge in [-0.05, 0) is 43.7 Å². The summed E-state index contributed by atoms with van der Waals surface area (Å²) in [6, 6.07) is 7.22. The minimum atomic E-state index is -0.276. The molecule has 0 saturated heterocycles. The van der Waals surface area contributed by atoms with Gasteiger partial charge in [0, 0.05) is 11.7 Å². The largest absolute Gasteiger partial charge is 0.345 e. The van der Waals surface area contributed by atoms with Crippen molar-refractivity contribution >= 4 is 5.69 Å². The van der Waals surface area contributed by atoms with E-state index in [-0.39, 0.29) is 24.9 Å². The minimum Gasteiger partial charge on any atom is -0.345 e. The Kier molecular flexibility index (Phi) is 5.96. The number of nitrogens with zero attached hydrogens (tertiary/aromatic N) is 3. The van der Waals surface area contributed by atoms with Crippen LogP contribution in [0.5, 0.6) is 0 Å². The fourth-order valence-electron chi connectivity index (χ4n) is 2.12. The Labute approximate surface area is 119 Å². The highest BCUT2D eigenvalue weighted by Crippen LogP contribution is 2.29. The fourth-order valence-corrected chi connectivity index (χ4v) is 2.12. The predicted octanol–water partition coefficient (Wildman–Crippen LogP) is 2.66. The maximum absolute atomic E-state index is 13.8. The average Bonchev–Trinajstić information content (AvgIpc) is 2.41. The van der Waals surface area contributed by atoms with E-state index in [1.54, 1.807) is 17.9 Å². The Morgan fingerprint density at radius 1 is 1.30 bits per heavy atom. The molecule has 0 aliphatic heterocycles. The lowest BCUT2D eigenvalue weighted by molar-refractivity contribution is 0.579. The van der Waals surface area contributed by atoms with Crippen molar-refractivity contribution in [2.24, 2.45) is 0 Å². The van der Waals surface area contributed by atoms with Crippen LogP contribution >= 0.6 is 0 Å². The maximum Gasteiger partial charge on any atom is 0.126 e. The summed E-state index contributed by atoms with van der Waals surface area (Å²) in [6.45, 7) is 6.55. The summed E-state index contributed by atoms with van der Waals surface area (Å²) in [7, 11) is 0. The number of nitrogens with one attached hydrogen (secondary N) is 1. The van der Waals surface area contributed by atoms with E-state index in [1.807, 2.05) is 26.0 Å². The molecule has 106 valence electrons. The number of hydrogen-bond donors (Lipinski definition) is 1. The second-order valence-electron chi connectivity index (χ2n) is 4.61. The number of nitriles is 2. The molecule has 0 spiro atoms. The summed E-state index contributed by atoms with van der Waals surface area (Å²) in [5, 5.41) is 21.0. The van der Waals surface area contributed by atoms with Crippen LogP contribution in [0.2, 0.25) is 0 Å². The zero-order valence-electron chi connectivity index (χ0n) is 12.1. The van der Waals surface area contributed by atoms with E-state index in [1.165, 1.54) is 6.07 Å². The van der Waals surface area contributed by atoms with Gasteiger partial charge in [0.25, 0.3) is 0 Å². The Bertz CT molecular complexity index is 526. The highest BCUT2D eigenvalue weighted by atomic mass is 19.1. The van der Waals surface area contributed by atoms with Crippen LogP contribution in [0.3, 0.4) is 0 Å². The average molecular weight is 274 g/mol. The number of rotatable bonds is 6. The fraction of sp³-hybridized carbons (Fsp3) is 0.467. The SMILES string of the molecule is CCNC(C)c1cc(F)c(C)cc1N(CC#N)CC#N. The highest BCUT2D eigenvalue weighted by Gasteiger charge is 2.17. The molecule has 4 nitrogen and oxygen atoms in total.